The summed E-state index contributed by atoms with van der Waals surface area (Å²) in [4.78, 5) is 8.40. The Kier molecular flexibility index (Phi) is 2.41. The zero-order chi connectivity index (χ0) is 9.97. The van der Waals surface area contributed by atoms with E-state index in [0.29, 0.717) is 17.4 Å². The second kappa shape index (κ2) is 3.71. The molecule has 2 aromatic heterocycles. The van der Waals surface area contributed by atoms with Crippen molar-refractivity contribution in [3.05, 3.63) is 23.7 Å². The van der Waals surface area contributed by atoms with E-state index in [1.165, 1.54) is 0 Å². The summed E-state index contributed by atoms with van der Waals surface area (Å²) in [7, 11) is 0. The number of nitrogens with zero attached hydrogens (tertiary/aromatic N) is 4. The zero-order valence-electron chi connectivity index (χ0n) is 7.53. The van der Waals surface area contributed by atoms with Gasteiger partial charge in [0.05, 0.1) is 12.1 Å². The number of hydrogen-bond acceptors (Lipinski definition) is 4. The molecule has 2 heterocycles. The minimum absolute atomic E-state index is 0.422. The Morgan fingerprint density at radius 2 is 2.29 bits per heavy atom. The van der Waals surface area contributed by atoms with Gasteiger partial charge in [-0.25, -0.2) is 9.97 Å². The average Bonchev–Trinajstić information content (AvgIpc) is 2.70. The van der Waals surface area contributed by atoms with Crippen molar-refractivity contribution in [2.24, 2.45) is 0 Å². The van der Waals surface area contributed by atoms with E-state index < -0.39 is 0 Å². The number of nitrogens with one attached hydrogen (secondary N) is 1. The van der Waals surface area contributed by atoms with Gasteiger partial charge >= 0.3 is 0 Å². The summed E-state index contributed by atoms with van der Waals surface area (Å²) in [6.07, 6.45) is 3.29. The van der Waals surface area contributed by atoms with Crippen LogP contribution in [0.4, 0.5) is 0 Å². The van der Waals surface area contributed by atoms with Gasteiger partial charge in [-0.3, -0.25) is 0 Å². The largest absolute Gasteiger partial charge is 0.235 e. The highest BCUT2D eigenvalue weighted by molar-refractivity contribution is 6.17. The standard InChI is InChI=1S/C8H8ClN5/c1-5-6(2-9)3-10-8(12-5)7-4-11-14-13-7/h3-4H,2H2,1H3,(H,11,13,14). The molecule has 0 radical (unpaired) electrons. The van der Waals surface area contributed by atoms with E-state index in [-0.39, 0.29) is 0 Å². The molecule has 0 unspecified atom stereocenters. The molecule has 6 heteroatoms. The maximum absolute atomic E-state index is 5.70. The van der Waals surface area contributed by atoms with Crippen LogP contribution in [-0.2, 0) is 5.88 Å². The first kappa shape index (κ1) is 9.08. The van der Waals surface area contributed by atoms with Gasteiger partial charge in [0.25, 0.3) is 0 Å². The number of halogens is 1. The third-order valence-corrected chi connectivity index (χ3v) is 2.16. The monoisotopic (exact) mass is 209 g/mol. The Bertz CT molecular complexity index is 425. The first-order chi connectivity index (χ1) is 6.81. The van der Waals surface area contributed by atoms with Crippen LogP contribution < -0.4 is 0 Å². The fraction of sp³-hybridized carbons (Fsp3) is 0.250. The summed E-state index contributed by atoms with van der Waals surface area (Å²) in [6, 6.07) is 0. The van der Waals surface area contributed by atoms with Crippen LogP contribution in [0.2, 0.25) is 0 Å². The number of hydrogen-bond donors (Lipinski definition) is 1. The normalized spacial score (nSPS) is 10.4. The van der Waals surface area contributed by atoms with Gasteiger partial charge in [0.15, 0.2) is 5.82 Å². The molecular weight excluding hydrogens is 202 g/mol. The second-order valence-corrected chi connectivity index (χ2v) is 3.06. The molecule has 0 bridgehead atoms. The predicted octanol–water partition coefficient (Wildman–Crippen LogP) is 1.31. The van der Waals surface area contributed by atoms with Crippen LogP contribution in [0.5, 0.6) is 0 Å². The molecule has 0 fully saturated rings. The molecule has 0 amide bonds. The molecule has 0 saturated carbocycles. The van der Waals surface area contributed by atoms with Gasteiger partial charge in [0, 0.05) is 17.5 Å². The molecular formula is C8H8ClN5. The zero-order valence-corrected chi connectivity index (χ0v) is 8.28. The summed E-state index contributed by atoms with van der Waals surface area (Å²) < 4.78 is 0. The van der Waals surface area contributed by atoms with E-state index in [1.54, 1.807) is 12.4 Å². The molecule has 0 aliphatic rings. The third-order valence-electron chi connectivity index (χ3n) is 1.87. The Labute approximate surface area is 85.5 Å². The van der Waals surface area contributed by atoms with Crippen molar-refractivity contribution in [3.63, 3.8) is 0 Å². The van der Waals surface area contributed by atoms with Gasteiger partial charge in [0.1, 0.15) is 5.69 Å². The Morgan fingerprint density at radius 1 is 1.43 bits per heavy atom. The minimum atomic E-state index is 0.422. The molecule has 0 atom stereocenters. The van der Waals surface area contributed by atoms with Crippen molar-refractivity contribution >= 4 is 11.6 Å². The summed E-state index contributed by atoms with van der Waals surface area (Å²) in [5, 5.41) is 10.1. The summed E-state index contributed by atoms with van der Waals surface area (Å²) in [5.74, 6) is 0.982. The smallest absolute Gasteiger partial charge is 0.181 e. The van der Waals surface area contributed by atoms with Gasteiger partial charge in [-0.2, -0.15) is 15.4 Å². The fourth-order valence-electron chi connectivity index (χ4n) is 1.06. The molecule has 0 spiro atoms. The van der Waals surface area contributed by atoms with Gasteiger partial charge in [0.2, 0.25) is 0 Å². The van der Waals surface area contributed by atoms with Crippen molar-refractivity contribution in [2.45, 2.75) is 12.8 Å². The lowest BCUT2D eigenvalue weighted by molar-refractivity contribution is 0.936. The van der Waals surface area contributed by atoms with Crippen LogP contribution in [0.25, 0.3) is 11.5 Å². The first-order valence-corrected chi connectivity index (χ1v) is 4.59. The number of H-pyrrole nitrogens is 1. The Hall–Kier alpha value is -1.49. The topological polar surface area (TPSA) is 67.3 Å². The minimum Gasteiger partial charge on any atom is -0.235 e. The molecule has 5 nitrogen and oxygen atoms in total. The summed E-state index contributed by atoms with van der Waals surface area (Å²) in [6.45, 7) is 1.89. The number of aryl methyl sites for hydroxylation is 1. The van der Waals surface area contributed by atoms with Crippen molar-refractivity contribution in [3.8, 4) is 11.5 Å². The second-order valence-electron chi connectivity index (χ2n) is 2.79. The molecule has 0 aliphatic carbocycles. The average molecular weight is 210 g/mol. The number of rotatable bonds is 2. The maximum atomic E-state index is 5.70. The lowest BCUT2D eigenvalue weighted by atomic mass is 10.2. The van der Waals surface area contributed by atoms with Gasteiger partial charge in [-0.1, -0.05) is 0 Å². The van der Waals surface area contributed by atoms with Crippen LogP contribution in [0.15, 0.2) is 12.4 Å². The highest BCUT2D eigenvalue weighted by Gasteiger charge is 2.06. The number of alkyl halides is 1. The van der Waals surface area contributed by atoms with Gasteiger partial charge < -0.3 is 0 Å². The fourth-order valence-corrected chi connectivity index (χ4v) is 1.32. The van der Waals surface area contributed by atoms with Crippen molar-refractivity contribution < 1.29 is 0 Å². The third kappa shape index (κ3) is 1.58. The van der Waals surface area contributed by atoms with Crippen LogP contribution in [0, 0.1) is 6.92 Å². The molecule has 0 aliphatic heterocycles. The van der Waals surface area contributed by atoms with E-state index >= 15 is 0 Å². The van der Waals surface area contributed by atoms with Crippen molar-refractivity contribution in [1.82, 2.24) is 25.4 Å². The molecule has 1 N–H and O–H groups in total. The van der Waals surface area contributed by atoms with E-state index in [4.69, 9.17) is 11.6 Å². The molecule has 2 rings (SSSR count). The lowest BCUT2D eigenvalue weighted by Gasteiger charge is -2.01. The van der Waals surface area contributed by atoms with E-state index in [9.17, 15) is 0 Å². The SMILES string of the molecule is Cc1nc(-c2cn[nH]n2)ncc1CCl. The Morgan fingerprint density at radius 3 is 2.86 bits per heavy atom. The highest BCUT2D eigenvalue weighted by atomic mass is 35.5. The van der Waals surface area contributed by atoms with Gasteiger partial charge in [-0.15, -0.1) is 11.6 Å². The van der Waals surface area contributed by atoms with E-state index in [0.717, 1.165) is 11.3 Å². The van der Waals surface area contributed by atoms with Gasteiger partial charge in [-0.05, 0) is 6.92 Å². The van der Waals surface area contributed by atoms with Crippen molar-refractivity contribution in [2.75, 3.05) is 0 Å². The quantitative estimate of drug-likeness (QED) is 0.758. The molecule has 14 heavy (non-hydrogen) atoms. The molecule has 0 saturated heterocycles. The Balaban J connectivity index is 2.43. The van der Waals surface area contributed by atoms with Crippen molar-refractivity contribution in [1.29, 1.82) is 0 Å². The molecule has 0 aromatic carbocycles. The highest BCUT2D eigenvalue weighted by Crippen LogP contribution is 2.13. The summed E-state index contributed by atoms with van der Waals surface area (Å²) in [5.41, 5.74) is 2.43. The van der Waals surface area contributed by atoms with Crippen LogP contribution in [0.3, 0.4) is 0 Å². The first-order valence-electron chi connectivity index (χ1n) is 4.06. The molecule has 72 valence electrons. The lowest BCUT2D eigenvalue weighted by Crippen LogP contribution is -1.96. The maximum Gasteiger partial charge on any atom is 0.181 e. The van der Waals surface area contributed by atoms with E-state index in [1.807, 2.05) is 6.92 Å². The van der Waals surface area contributed by atoms with E-state index in [2.05, 4.69) is 25.4 Å². The molecule has 2 aromatic rings. The van der Waals surface area contributed by atoms with Crippen LogP contribution in [-0.4, -0.2) is 25.4 Å². The number of aromatic amines is 1. The van der Waals surface area contributed by atoms with Crippen LogP contribution >= 0.6 is 11.6 Å². The summed E-state index contributed by atoms with van der Waals surface area (Å²) >= 11 is 5.70. The van der Waals surface area contributed by atoms with Crippen LogP contribution in [0.1, 0.15) is 11.3 Å². The number of aromatic nitrogens is 5. The predicted molar refractivity (Wildman–Crippen MR) is 51.7 cm³/mol.